The summed E-state index contributed by atoms with van der Waals surface area (Å²) in [6.45, 7) is 2.29. The molecule has 0 bridgehead atoms. The van der Waals surface area contributed by atoms with Crippen molar-refractivity contribution >= 4 is 45.7 Å². The number of carbonyl (C=O) groups excluding carboxylic acids is 2. The zero-order valence-electron chi connectivity index (χ0n) is 25.1. The highest BCUT2D eigenvalue weighted by atomic mass is 32.2. The molecule has 1 N–H and O–H groups in total. The van der Waals surface area contributed by atoms with Crippen molar-refractivity contribution < 1.29 is 28.6 Å². The third-order valence-electron chi connectivity index (χ3n) is 7.91. The van der Waals surface area contributed by atoms with Crippen molar-refractivity contribution in [2.24, 2.45) is 0 Å². The number of carbonyl (C=O) groups is 2. The SMILES string of the molecule is C[C@@H]1Cc2cc(/C(O)=C3\C(=O)C(=O)N(c4nnc(SCc5ccc(F)cc5)s4)[C@@H]3c3cccc(OCc4ccccc4)c3)ccc2O1. The summed E-state index contributed by atoms with van der Waals surface area (Å²) in [5.74, 6) is -0.477. The lowest BCUT2D eigenvalue weighted by atomic mass is 9.94. The summed E-state index contributed by atoms with van der Waals surface area (Å²) >= 11 is 2.55. The first-order chi connectivity index (χ1) is 22.8. The van der Waals surface area contributed by atoms with Gasteiger partial charge in [-0.1, -0.05) is 77.7 Å². The molecule has 3 heterocycles. The molecule has 2 atom stereocenters. The highest BCUT2D eigenvalue weighted by Crippen LogP contribution is 2.45. The van der Waals surface area contributed by atoms with Gasteiger partial charge in [0.15, 0.2) is 4.34 Å². The monoisotopic (exact) mass is 665 g/mol. The van der Waals surface area contributed by atoms with Crippen LogP contribution in [0.2, 0.25) is 0 Å². The number of hydrogen-bond acceptors (Lipinski definition) is 9. The van der Waals surface area contributed by atoms with Crippen LogP contribution < -0.4 is 14.4 Å². The molecule has 2 aliphatic heterocycles. The predicted molar refractivity (Wildman–Crippen MR) is 178 cm³/mol. The number of fused-ring (bicyclic) bond motifs is 1. The van der Waals surface area contributed by atoms with Gasteiger partial charge in [0.25, 0.3) is 5.78 Å². The van der Waals surface area contributed by atoms with Gasteiger partial charge >= 0.3 is 5.91 Å². The number of aromatic nitrogens is 2. The Bertz CT molecular complexity index is 2000. The number of ether oxygens (including phenoxy) is 2. The van der Waals surface area contributed by atoms with Crippen LogP contribution >= 0.6 is 23.1 Å². The highest BCUT2D eigenvalue weighted by Gasteiger charge is 2.48. The number of aliphatic hydroxyl groups is 1. The number of halogens is 1. The van der Waals surface area contributed by atoms with E-state index in [0.29, 0.717) is 40.0 Å². The van der Waals surface area contributed by atoms with Gasteiger partial charge in [-0.15, -0.1) is 10.2 Å². The molecule has 0 spiro atoms. The number of nitrogens with zero attached hydrogens (tertiary/aromatic N) is 3. The number of Topliss-reactive ketones (excluding diaryl/α,β-unsaturated/α-hetero) is 1. The van der Waals surface area contributed by atoms with Crippen LogP contribution in [0.1, 0.15) is 40.8 Å². The maximum Gasteiger partial charge on any atom is 0.301 e. The van der Waals surface area contributed by atoms with E-state index in [1.54, 1.807) is 54.6 Å². The van der Waals surface area contributed by atoms with Crippen molar-refractivity contribution in [3.8, 4) is 11.5 Å². The van der Waals surface area contributed by atoms with Gasteiger partial charge in [-0.3, -0.25) is 14.5 Å². The summed E-state index contributed by atoms with van der Waals surface area (Å²) in [5, 5.41) is 20.5. The minimum atomic E-state index is -0.999. The molecule has 0 aliphatic carbocycles. The van der Waals surface area contributed by atoms with Gasteiger partial charge < -0.3 is 14.6 Å². The molecule has 0 radical (unpaired) electrons. The minimum Gasteiger partial charge on any atom is -0.507 e. The van der Waals surface area contributed by atoms with Crippen LogP contribution in [0.4, 0.5) is 9.52 Å². The lowest BCUT2D eigenvalue weighted by Gasteiger charge is -2.23. The Morgan fingerprint density at radius 1 is 1.00 bits per heavy atom. The summed E-state index contributed by atoms with van der Waals surface area (Å²) in [7, 11) is 0. The summed E-state index contributed by atoms with van der Waals surface area (Å²) in [5.41, 5.74) is 3.71. The Balaban J connectivity index is 1.25. The van der Waals surface area contributed by atoms with E-state index >= 15 is 0 Å². The molecule has 4 aromatic carbocycles. The highest BCUT2D eigenvalue weighted by molar-refractivity contribution is 8.00. The topological polar surface area (TPSA) is 102 Å². The third kappa shape index (κ3) is 6.36. The fraction of sp³-hybridized carbons (Fsp3) is 0.167. The number of benzene rings is 4. The van der Waals surface area contributed by atoms with Crippen molar-refractivity contribution in [1.29, 1.82) is 0 Å². The van der Waals surface area contributed by atoms with Crippen LogP contribution in [0.15, 0.2) is 107 Å². The molecule has 0 saturated carbocycles. The van der Waals surface area contributed by atoms with Gasteiger partial charge in [0, 0.05) is 17.7 Å². The maximum absolute atomic E-state index is 13.8. The number of hydrogen-bond donors (Lipinski definition) is 1. The number of amides is 1. The second kappa shape index (κ2) is 13.0. The molecule has 236 valence electrons. The van der Waals surface area contributed by atoms with Crippen LogP contribution in [0.3, 0.4) is 0 Å². The molecule has 8 nitrogen and oxygen atoms in total. The Kier molecular flexibility index (Phi) is 8.48. The van der Waals surface area contributed by atoms with Crippen LogP contribution in [-0.2, 0) is 28.4 Å². The lowest BCUT2D eigenvalue weighted by molar-refractivity contribution is -0.132. The smallest absolute Gasteiger partial charge is 0.301 e. The molecule has 47 heavy (non-hydrogen) atoms. The number of aliphatic hydroxyl groups excluding tert-OH is 1. The Labute approximate surface area is 278 Å². The molecule has 0 unspecified atom stereocenters. The number of thioether (sulfide) groups is 1. The van der Waals surface area contributed by atoms with E-state index < -0.39 is 17.7 Å². The lowest BCUT2D eigenvalue weighted by Crippen LogP contribution is -2.29. The molecule has 1 aromatic heterocycles. The van der Waals surface area contributed by atoms with E-state index in [0.717, 1.165) is 33.8 Å². The Morgan fingerprint density at radius 3 is 2.62 bits per heavy atom. The van der Waals surface area contributed by atoms with Crippen molar-refractivity contribution in [3.63, 3.8) is 0 Å². The molecule has 11 heteroatoms. The normalized spacial score (nSPS) is 18.3. The van der Waals surface area contributed by atoms with Crippen molar-refractivity contribution in [3.05, 3.63) is 136 Å². The van der Waals surface area contributed by atoms with Gasteiger partial charge in [0.2, 0.25) is 5.13 Å². The van der Waals surface area contributed by atoms with Crippen molar-refractivity contribution in [2.45, 2.75) is 42.2 Å². The van der Waals surface area contributed by atoms with Gasteiger partial charge in [-0.05, 0) is 71.6 Å². The zero-order chi connectivity index (χ0) is 32.5. The summed E-state index contributed by atoms with van der Waals surface area (Å²) in [6.07, 6.45) is 0.664. The van der Waals surface area contributed by atoms with Crippen molar-refractivity contribution in [2.75, 3.05) is 4.90 Å². The van der Waals surface area contributed by atoms with Crippen LogP contribution in [0.5, 0.6) is 11.5 Å². The largest absolute Gasteiger partial charge is 0.507 e. The average Bonchev–Trinajstić information content (AvgIpc) is 3.78. The van der Waals surface area contributed by atoms with E-state index in [1.165, 1.54) is 28.8 Å². The van der Waals surface area contributed by atoms with Crippen molar-refractivity contribution in [1.82, 2.24) is 10.2 Å². The quantitative estimate of drug-likeness (QED) is 0.0568. The second-order valence-corrected chi connectivity index (χ2v) is 13.4. The van der Waals surface area contributed by atoms with E-state index in [-0.39, 0.29) is 28.4 Å². The zero-order valence-corrected chi connectivity index (χ0v) is 26.8. The number of ketones is 1. The number of anilines is 1. The van der Waals surface area contributed by atoms with Crippen LogP contribution in [0, 0.1) is 5.82 Å². The minimum absolute atomic E-state index is 0.000807. The third-order valence-corrected chi connectivity index (χ3v) is 10.0. The molecular formula is C36H28FN3O5S2. The first-order valence-electron chi connectivity index (χ1n) is 14.9. The second-order valence-electron chi connectivity index (χ2n) is 11.2. The van der Waals surface area contributed by atoms with Gasteiger partial charge in [0.1, 0.15) is 35.8 Å². The van der Waals surface area contributed by atoms with E-state index in [1.807, 2.05) is 37.3 Å². The molecule has 7 rings (SSSR count). The molecule has 2 aliphatic rings. The van der Waals surface area contributed by atoms with Gasteiger partial charge in [0.05, 0.1) is 11.6 Å². The summed E-state index contributed by atoms with van der Waals surface area (Å²) < 4.78 is 25.8. The molecule has 1 amide bonds. The standard InChI is InChI=1S/C36H28FN3O5S2/c1-21-16-26-17-25(12-15-29(26)45-21)32(41)30-31(24-8-5-9-28(18-24)44-19-22-6-3-2-4-7-22)40(34(43)33(30)42)35-38-39-36(47-35)46-20-23-10-13-27(37)14-11-23/h2-15,17-18,21,31,41H,16,19-20H2,1H3/b32-30+/t21-,31-/m1/s1. The van der Waals surface area contributed by atoms with E-state index in [2.05, 4.69) is 10.2 Å². The average molecular weight is 666 g/mol. The maximum atomic E-state index is 13.8. The fourth-order valence-corrected chi connectivity index (χ4v) is 7.49. The van der Waals surface area contributed by atoms with Gasteiger partial charge in [-0.2, -0.15) is 0 Å². The number of rotatable bonds is 9. The van der Waals surface area contributed by atoms with E-state index in [9.17, 15) is 19.1 Å². The first-order valence-corrected chi connectivity index (χ1v) is 16.7. The Hall–Kier alpha value is -5.00. The summed E-state index contributed by atoms with van der Waals surface area (Å²) in [4.78, 5) is 28.8. The molecule has 1 saturated heterocycles. The first kappa shape index (κ1) is 30.6. The fourth-order valence-electron chi connectivity index (χ4n) is 5.67. The Morgan fingerprint density at radius 2 is 1.81 bits per heavy atom. The van der Waals surface area contributed by atoms with Gasteiger partial charge in [-0.25, -0.2) is 4.39 Å². The molecule has 1 fully saturated rings. The van der Waals surface area contributed by atoms with E-state index in [4.69, 9.17) is 9.47 Å². The van der Waals surface area contributed by atoms with Crippen LogP contribution in [-0.4, -0.2) is 33.1 Å². The van der Waals surface area contributed by atoms with Crippen LogP contribution in [0.25, 0.3) is 5.76 Å². The molecule has 5 aromatic rings. The predicted octanol–water partition coefficient (Wildman–Crippen LogP) is 7.50. The molecular weight excluding hydrogens is 638 g/mol. The summed E-state index contributed by atoms with van der Waals surface area (Å²) in [6, 6.07) is 27.3.